The van der Waals surface area contributed by atoms with Crippen molar-refractivity contribution >= 4 is 23.5 Å². The highest BCUT2D eigenvalue weighted by molar-refractivity contribution is 6.35. The van der Waals surface area contributed by atoms with Gasteiger partial charge in [0.25, 0.3) is 0 Å². The van der Waals surface area contributed by atoms with E-state index in [4.69, 9.17) is 11.6 Å². The molecule has 0 fully saturated rings. The molecule has 2 aromatic rings. The monoisotopic (exact) mass is 256 g/mol. The first-order valence-electron chi connectivity index (χ1n) is 5.71. The van der Waals surface area contributed by atoms with E-state index in [1.807, 2.05) is 49.4 Å². The van der Waals surface area contributed by atoms with E-state index in [2.05, 4.69) is 0 Å². The average molecular weight is 257 g/mol. The first-order chi connectivity index (χ1) is 8.68. The smallest absolute Gasteiger partial charge is 0.187 e. The molecule has 0 amide bonds. The van der Waals surface area contributed by atoms with Crippen LogP contribution in [0.1, 0.15) is 21.5 Å². The SMILES string of the molecule is Cc1cccc(C(=O)C=Cc2ccccc2)c1Cl. The van der Waals surface area contributed by atoms with Crippen LogP contribution < -0.4 is 0 Å². The standard InChI is InChI=1S/C16H13ClO/c1-12-6-5-9-14(16(12)17)15(18)11-10-13-7-3-2-4-8-13/h2-11H,1H3. The molecule has 0 unspecified atom stereocenters. The molecule has 0 N–H and O–H groups in total. The highest BCUT2D eigenvalue weighted by Crippen LogP contribution is 2.21. The normalized spacial score (nSPS) is 10.8. The van der Waals surface area contributed by atoms with Crippen molar-refractivity contribution in [1.82, 2.24) is 0 Å². The van der Waals surface area contributed by atoms with Crippen molar-refractivity contribution in [2.75, 3.05) is 0 Å². The molecule has 0 saturated heterocycles. The van der Waals surface area contributed by atoms with Crippen molar-refractivity contribution in [2.45, 2.75) is 6.92 Å². The summed E-state index contributed by atoms with van der Waals surface area (Å²) in [4.78, 5) is 12.0. The Morgan fingerprint density at radius 3 is 2.50 bits per heavy atom. The quantitative estimate of drug-likeness (QED) is 0.582. The maximum atomic E-state index is 12.0. The Hall–Kier alpha value is -1.86. The summed E-state index contributed by atoms with van der Waals surface area (Å²) >= 11 is 6.12. The van der Waals surface area contributed by atoms with Crippen LogP contribution in [0.25, 0.3) is 6.08 Å². The fraction of sp³-hybridized carbons (Fsp3) is 0.0625. The van der Waals surface area contributed by atoms with Crippen LogP contribution in [-0.4, -0.2) is 5.78 Å². The summed E-state index contributed by atoms with van der Waals surface area (Å²) in [6, 6.07) is 15.2. The van der Waals surface area contributed by atoms with Crippen molar-refractivity contribution in [2.24, 2.45) is 0 Å². The fourth-order valence-electron chi connectivity index (χ4n) is 1.66. The lowest BCUT2D eigenvalue weighted by molar-refractivity contribution is 0.104. The second-order valence-corrected chi connectivity index (χ2v) is 4.42. The fourth-order valence-corrected chi connectivity index (χ4v) is 1.88. The minimum Gasteiger partial charge on any atom is -0.289 e. The van der Waals surface area contributed by atoms with E-state index in [1.165, 1.54) is 0 Å². The van der Waals surface area contributed by atoms with Gasteiger partial charge in [-0.05, 0) is 30.2 Å². The van der Waals surface area contributed by atoms with Crippen LogP contribution in [0.3, 0.4) is 0 Å². The molecule has 0 atom stereocenters. The Morgan fingerprint density at radius 2 is 1.78 bits per heavy atom. The van der Waals surface area contributed by atoms with Crippen LogP contribution in [-0.2, 0) is 0 Å². The van der Waals surface area contributed by atoms with Crippen LogP contribution in [0.2, 0.25) is 5.02 Å². The van der Waals surface area contributed by atoms with E-state index in [0.29, 0.717) is 10.6 Å². The molecular weight excluding hydrogens is 244 g/mol. The van der Waals surface area contributed by atoms with Gasteiger partial charge in [-0.15, -0.1) is 0 Å². The Labute approximate surface area is 112 Å². The Bertz CT molecular complexity index is 585. The topological polar surface area (TPSA) is 17.1 Å². The first kappa shape index (κ1) is 12.6. The third kappa shape index (κ3) is 2.88. The highest BCUT2D eigenvalue weighted by Gasteiger charge is 2.08. The van der Waals surface area contributed by atoms with Crippen LogP contribution in [0.5, 0.6) is 0 Å². The number of hydrogen-bond acceptors (Lipinski definition) is 1. The average Bonchev–Trinajstić information content (AvgIpc) is 2.40. The zero-order chi connectivity index (χ0) is 13.0. The third-order valence-corrected chi connectivity index (χ3v) is 3.19. The van der Waals surface area contributed by atoms with Crippen molar-refractivity contribution in [3.63, 3.8) is 0 Å². The maximum absolute atomic E-state index is 12.0. The van der Waals surface area contributed by atoms with Gasteiger partial charge >= 0.3 is 0 Å². The number of halogens is 1. The molecule has 0 heterocycles. The molecule has 90 valence electrons. The van der Waals surface area contributed by atoms with Crippen molar-refractivity contribution < 1.29 is 4.79 Å². The predicted octanol–water partition coefficient (Wildman–Crippen LogP) is 4.54. The lowest BCUT2D eigenvalue weighted by atomic mass is 10.1. The van der Waals surface area contributed by atoms with Crippen LogP contribution in [0.15, 0.2) is 54.6 Å². The van der Waals surface area contributed by atoms with Gasteiger partial charge in [-0.1, -0.05) is 60.1 Å². The summed E-state index contributed by atoms with van der Waals surface area (Å²) in [5.74, 6) is -0.0763. The zero-order valence-corrected chi connectivity index (χ0v) is 10.8. The maximum Gasteiger partial charge on any atom is 0.187 e. The summed E-state index contributed by atoms with van der Waals surface area (Å²) < 4.78 is 0. The molecule has 0 spiro atoms. The molecule has 2 aromatic carbocycles. The number of carbonyl (C=O) groups is 1. The third-order valence-electron chi connectivity index (χ3n) is 2.68. The number of carbonyl (C=O) groups excluding carboxylic acids is 1. The zero-order valence-electron chi connectivity index (χ0n) is 10.1. The van der Waals surface area contributed by atoms with Gasteiger partial charge in [0.15, 0.2) is 5.78 Å². The Kier molecular flexibility index (Phi) is 3.96. The van der Waals surface area contributed by atoms with Gasteiger partial charge in [0, 0.05) is 5.56 Å². The van der Waals surface area contributed by atoms with Gasteiger partial charge in [-0.25, -0.2) is 0 Å². The molecule has 0 saturated carbocycles. The summed E-state index contributed by atoms with van der Waals surface area (Å²) in [5, 5.41) is 0.528. The summed E-state index contributed by atoms with van der Waals surface area (Å²) in [5.41, 5.74) is 2.45. The van der Waals surface area contributed by atoms with E-state index < -0.39 is 0 Å². The van der Waals surface area contributed by atoms with E-state index in [0.717, 1.165) is 11.1 Å². The second kappa shape index (κ2) is 5.65. The van der Waals surface area contributed by atoms with Gasteiger partial charge in [-0.2, -0.15) is 0 Å². The van der Waals surface area contributed by atoms with E-state index in [9.17, 15) is 4.79 Å². The van der Waals surface area contributed by atoms with E-state index >= 15 is 0 Å². The Balaban J connectivity index is 2.23. The molecule has 0 aliphatic rings. The van der Waals surface area contributed by atoms with Gasteiger partial charge in [0.1, 0.15) is 0 Å². The molecule has 1 nitrogen and oxygen atoms in total. The predicted molar refractivity (Wildman–Crippen MR) is 76.0 cm³/mol. The molecule has 2 heteroatoms. The molecule has 18 heavy (non-hydrogen) atoms. The minimum absolute atomic E-state index is 0.0763. The number of allylic oxidation sites excluding steroid dienone is 1. The number of benzene rings is 2. The van der Waals surface area contributed by atoms with Gasteiger partial charge in [0.05, 0.1) is 5.02 Å². The molecule has 0 aromatic heterocycles. The molecule has 0 aliphatic heterocycles. The van der Waals surface area contributed by atoms with Crippen molar-refractivity contribution in [3.8, 4) is 0 Å². The van der Waals surface area contributed by atoms with Crippen LogP contribution in [0, 0.1) is 6.92 Å². The summed E-state index contributed by atoms with van der Waals surface area (Å²) in [6.07, 6.45) is 3.34. The minimum atomic E-state index is -0.0763. The summed E-state index contributed by atoms with van der Waals surface area (Å²) in [6.45, 7) is 1.89. The largest absolute Gasteiger partial charge is 0.289 e. The van der Waals surface area contributed by atoms with E-state index in [1.54, 1.807) is 18.2 Å². The molecule has 0 aliphatic carbocycles. The number of hydrogen-bond donors (Lipinski definition) is 0. The molecule has 2 rings (SSSR count). The number of ketones is 1. The highest BCUT2D eigenvalue weighted by atomic mass is 35.5. The molecular formula is C16H13ClO. The van der Waals surface area contributed by atoms with Gasteiger partial charge < -0.3 is 0 Å². The van der Waals surface area contributed by atoms with Crippen molar-refractivity contribution in [3.05, 3.63) is 76.3 Å². The lowest BCUT2D eigenvalue weighted by Crippen LogP contribution is -1.96. The Morgan fingerprint density at radius 1 is 1.06 bits per heavy atom. The van der Waals surface area contributed by atoms with Crippen LogP contribution >= 0.6 is 11.6 Å². The van der Waals surface area contributed by atoms with Crippen LogP contribution in [0.4, 0.5) is 0 Å². The molecule has 0 bridgehead atoms. The van der Waals surface area contributed by atoms with Crippen molar-refractivity contribution in [1.29, 1.82) is 0 Å². The van der Waals surface area contributed by atoms with E-state index in [-0.39, 0.29) is 5.78 Å². The first-order valence-corrected chi connectivity index (χ1v) is 6.09. The summed E-state index contributed by atoms with van der Waals surface area (Å²) in [7, 11) is 0. The number of rotatable bonds is 3. The second-order valence-electron chi connectivity index (χ2n) is 4.04. The number of aryl methyl sites for hydroxylation is 1. The van der Waals surface area contributed by atoms with Gasteiger partial charge in [0.2, 0.25) is 0 Å². The van der Waals surface area contributed by atoms with Gasteiger partial charge in [-0.3, -0.25) is 4.79 Å². The lowest BCUT2D eigenvalue weighted by Gasteiger charge is -2.02. The molecule has 0 radical (unpaired) electrons.